The maximum Gasteiger partial charge on any atom is 0.0312 e. The first-order valence-electron chi connectivity index (χ1n) is 7.86. The minimum atomic E-state index is 0.448. The Morgan fingerprint density at radius 3 is 3.00 bits per heavy atom. The van der Waals surface area contributed by atoms with Crippen LogP contribution in [0.2, 0.25) is 0 Å². The van der Waals surface area contributed by atoms with Crippen molar-refractivity contribution in [3.63, 3.8) is 0 Å². The summed E-state index contributed by atoms with van der Waals surface area (Å²) >= 11 is 0. The van der Waals surface area contributed by atoms with Gasteiger partial charge < -0.3 is 10.2 Å². The van der Waals surface area contributed by atoms with E-state index >= 15 is 0 Å². The summed E-state index contributed by atoms with van der Waals surface area (Å²) in [4.78, 5) is 6.68. The third-order valence-electron chi connectivity index (χ3n) is 4.52. The number of rotatable bonds is 6. The number of hydrogen-bond acceptors (Lipinski definition) is 3. The van der Waals surface area contributed by atoms with Gasteiger partial charge in [0.25, 0.3) is 0 Å². The molecular formula is C17H29N3. The Kier molecular flexibility index (Phi) is 5.55. The molecular weight excluding hydrogens is 246 g/mol. The van der Waals surface area contributed by atoms with Gasteiger partial charge in [-0.05, 0) is 49.9 Å². The minimum Gasteiger partial charge on any atom is -0.319 e. The highest BCUT2D eigenvalue weighted by atomic mass is 15.1. The largest absolute Gasteiger partial charge is 0.319 e. The van der Waals surface area contributed by atoms with Crippen LogP contribution in [0.1, 0.15) is 38.2 Å². The zero-order valence-electron chi connectivity index (χ0n) is 13.2. The predicted octanol–water partition coefficient (Wildman–Crippen LogP) is 2.93. The fourth-order valence-corrected chi connectivity index (χ4v) is 3.94. The van der Waals surface area contributed by atoms with Crippen molar-refractivity contribution in [2.45, 2.75) is 39.2 Å². The lowest BCUT2D eigenvalue weighted by Crippen LogP contribution is -2.44. The van der Waals surface area contributed by atoms with Crippen molar-refractivity contribution in [2.24, 2.45) is 11.3 Å². The Labute approximate surface area is 123 Å². The lowest BCUT2D eigenvalue weighted by atomic mass is 9.69. The highest BCUT2D eigenvalue weighted by Crippen LogP contribution is 2.39. The summed E-state index contributed by atoms with van der Waals surface area (Å²) in [5.41, 5.74) is 1.75. The second-order valence-corrected chi connectivity index (χ2v) is 6.77. The second-order valence-electron chi connectivity index (χ2n) is 6.77. The van der Waals surface area contributed by atoms with Gasteiger partial charge in [0, 0.05) is 32.0 Å². The van der Waals surface area contributed by atoms with Gasteiger partial charge >= 0.3 is 0 Å². The maximum absolute atomic E-state index is 4.21. The normalized spacial score (nSPS) is 26.9. The monoisotopic (exact) mass is 275 g/mol. The molecule has 1 aromatic rings. The Bertz CT molecular complexity index is 388. The summed E-state index contributed by atoms with van der Waals surface area (Å²) in [6.07, 6.45) is 9.31. The molecule has 2 atom stereocenters. The van der Waals surface area contributed by atoms with Crippen LogP contribution in [-0.4, -0.2) is 37.1 Å². The van der Waals surface area contributed by atoms with Crippen LogP contribution in [0.4, 0.5) is 0 Å². The highest BCUT2D eigenvalue weighted by Gasteiger charge is 2.35. The summed E-state index contributed by atoms with van der Waals surface area (Å²) < 4.78 is 0. The highest BCUT2D eigenvalue weighted by molar-refractivity contribution is 5.08. The molecule has 3 nitrogen and oxygen atoms in total. The molecule has 1 aliphatic rings. The molecule has 1 N–H and O–H groups in total. The lowest BCUT2D eigenvalue weighted by molar-refractivity contribution is 0.0910. The van der Waals surface area contributed by atoms with Crippen LogP contribution in [0.15, 0.2) is 24.5 Å². The topological polar surface area (TPSA) is 28.2 Å². The van der Waals surface area contributed by atoms with Crippen LogP contribution < -0.4 is 5.32 Å². The molecule has 0 aliphatic heterocycles. The maximum atomic E-state index is 4.21. The summed E-state index contributed by atoms with van der Waals surface area (Å²) in [6, 6.07) is 4.19. The molecule has 1 fully saturated rings. The van der Waals surface area contributed by atoms with Crippen molar-refractivity contribution in [1.29, 1.82) is 0 Å². The minimum absolute atomic E-state index is 0.448. The van der Waals surface area contributed by atoms with E-state index in [4.69, 9.17) is 0 Å². The Morgan fingerprint density at radius 2 is 2.35 bits per heavy atom. The molecule has 0 saturated heterocycles. The first-order chi connectivity index (χ1) is 9.63. The average Bonchev–Trinajstić information content (AvgIpc) is 2.39. The van der Waals surface area contributed by atoms with Gasteiger partial charge in [-0.15, -0.1) is 0 Å². The van der Waals surface area contributed by atoms with Gasteiger partial charge in [0.15, 0.2) is 0 Å². The Hall–Kier alpha value is -0.930. The van der Waals surface area contributed by atoms with Gasteiger partial charge in [-0.25, -0.2) is 0 Å². The van der Waals surface area contributed by atoms with Crippen LogP contribution in [0, 0.1) is 11.3 Å². The molecule has 2 rings (SSSR count). The fraction of sp³-hybridized carbons (Fsp3) is 0.706. The van der Waals surface area contributed by atoms with Crippen molar-refractivity contribution in [2.75, 3.05) is 27.2 Å². The average molecular weight is 275 g/mol. The summed E-state index contributed by atoms with van der Waals surface area (Å²) in [5.74, 6) is 0.865. The number of nitrogens with zero attached hydrogens (tertiary/aromatic N) is 2. The first kappa shape index (κ1) is 15.5. The number of nitrogens with one attached hydrogen (secondary N) is 1. The first-order valence-corrected chi connectivity index (χ1v) is 7.86. The van der Waals surface area contributed by atoms with E-state index in [1.807, 2.05) is 18.5 Å². The smallest absolute Gasteiger partial charge is 0.0312 e. The van der Waals surface area contributed by atoms with Gasteiger partial charge in [-0.1, -0.05) is 25.8 Å². The molecule has 1 aliphatic carbocycles. The fourth-order valence-electron chi connectivity index (χ4n) is 3.94. The summed E-state index contributed by atoms with van der Waals surface area (Å²) in [7, 11) is 4.33. The summed E-state index contributed by atoms with van der Waals surface area (Å²) in [6.45, 7) is 5.71. The van der Waals surface area contributed by atoms with Crippen LogP contribution in [0.25, 0.3) is 0 Å². The van der Waals surface area contributed by atoms with Gasteiger partial charge in [-0.2, -0.15) is 0 Å². The van der Waals surface area contributed by atoms with Gasteiger partial charge in [-0.3, -0.25) is 4.98 Å². The van der Waals surface area contributed by atoms with E-state index in [9.17, 15) is 0 Å². The quantitative estimate of drug-likeness (QED) is 0.865. The van der Waals surface area contributed by atoms with E-state index in [-0.39, 0.29) is 0 Å². The molecule has 1 heterocycles. The van der Waals surface area contributed by atoms with Gasteiger partial charge in [0.05, 0.1) is 0 Å². The molecule has 0 spiro atoms. The molecule has 1 aromatic heterocycles. The second kappa shape index (κ2) is 7.19. The van der Waals surface area contributed by atoms with E-state index in [1.165, 1.54) is 37.8 Å². The zero-order valence-corrected chi connectivity index (χ0v) is 13.2. The zero-order chi connectivity index (χ0) is 14.4. The van der Waals surface area contributed by atoms with Crippen molar-refractivity contribution >= 4 is 0 Å². The number of pyridine rings is 1. The number of aromatic nitrogens is 1. The van der Waals surface area contributed by atoms with Gasteiger partial charge in [0.2, 0.25) is 0 Å². The van der Waals surface area contributed by atoms with Crippen LogP contribution in [0.5, 0.6) is 0 Å². The third-order valence-corrected chi connectivity index (χ3v) is 4.52. The predicted molar refractivity (Wildman–Crippen MR) is 84.6 cm³/mol. The van der Waals surface area contributed by atoms with Crippen LogP contribution in [-0.2, 0) is 6.54 Å². The summed E-state index contributed by atoms with van der Waals surface area (Å²) in [5, 5.41) is 3.43. The van der Waals surface area contributed by atoms with Crippen molar-refractivity contribution < 1.29 is 0 Å². The van der Waals surface area contributed by atoms with Crippen LogP contribution >= 0.6 is 0 Å². The molecule has 2 unspecified atom stereocenters. The SMILES string of the molecule is CNCC1(CN(C)Cc2cccnc2)CCCC(C)C1. The molecule has 0 radical (unpaired) electrons. The van der Waals surface area contributed by atoms with Crippen LogP contribution in [0.3, 0.4) is 0 Å². The molecule has 0 bridgehead atoms. The van der Waals surface area contributed by atoms with E-state index in [1.54, 1.807) is 0 Å². The van der Waals surface area contributed by atoms with E-state index in [2.05, 4.69) is 42.3 Å². The molecule has 0 amide bonds. The molecule has 1 saturated carbocycles. The van der Waals surface area contributed by atoms with E-state index < -0.39 is 0 Å². The van der Waals surface area contributed by atoms with E-state index in [0.29, 0.717) is 5.41 Å². The van der Waals surface area contributed by atoms with Crippen molar-refractivity contribution in [1.82, 2.24) is 15.2 Å². The molecule has 20 heavy (non-hydrogen) atoms. The third kappa shape index (κ3) is 4.29. The standard InChI is InChI=1S/C17H29N3/c1-15-6-4-8-17(10-15,13-18-2)14-20(3)12-16-7-5-9-19-11-16/h5,7,9,11,15,18H,4,6,8,10,12-14H2,1-3H3. The van der Waals surface area contributed by atoms with Gasteiger partial charge in [0.1, 0.15) is 0 Å². The van der Waals surface area contributed by atoms with E-state index in [0.717, 1.165) is 19.0 Å². The molecule has 112 valence electrons. The van der Waals surface area contributed by atoms with Crippen molar-refractivity contribution in [3.8, 4) is 0 Å². The van der Waals surface area contributed by atoms with Crippen molar-refractivity contribution in [3.05, 3.63) is 30.1 Å². The molecule has 3 heteroatoms. The Morgan fingerprint density at radius 1 is 1.50 bits per heavy atom. The molecule has 0 aromatic carbocycles. The lowest BCUT2D eigenvalue weighted by Gasteiger charge is -2.42. The Balaban J connectivity index is 1.96. The number of hydrogen-bond donors (Lipinski definition) is 1.